The van der Waals surface area contributed by atoms with E-state index in [1.165, 1.54) is 16.2 Å². The van der Waals surface area contributed by atoms with Crippen molar-refractivity contribution in [2.24, 2.45) is 12.0 Å². The number of nitrogens with one attached hydrogen (secondary N) is 2. The third kappa shape index (κ3) is 7.31. The van der Waals surface area contributed by atoms with Crippen molar-refractivity contribution in [2.75, 3.05) is 27.2 Å². The fraction of sp³-hybridized carbons (Fsp3) is 0.522. The van der Waals surface area contributed by atoms with Crippen molar-refractivity contribution in [1.29, 1.82) is 0 Å². The van der Waals surface area contributed by atoms with Crippen LogP contribution >= 0.6 is 0 Å². The minimum atomic E-state index is -0.0740. The second kappa shape index (κ2) is 11.4. The van der Waals surface area contributed by atoms with Gasteiger partial charge in [0.05, 0.1) is 12.2 Å². The van der Waals surface area contributed by atoms with E-state index in [4.69, 9.17) is 9.73 Å². The third-order valence-corrected chi connectivity index (χ3v) is 5.08. The maximum atomic E-state index is 11.7. The summed E-state index contributed by atoms with van der Waals surface area (Å²) in [5.41, 5.74) is 4.55. The molecule has 0 radical (unpaired) electrons. The summed E-state index contributed by atoms with van der Waals surface area (Å²) in [6, 6.07) is 7.88. The largest absolute Gasteiger partial charge is 0.484 e. The van der Waals surface area contributed by atoms with Gasteiger partial charge in [-0.2, -0.15) is 5.10 Å². The third-order valence-electron chi connectivity index (χ3n) is 5.08. The molecule has 0 saturated heterocycles. The van der Waals surface area contributed by atoms with Crippen molar-refractivity contribution in [3.05, 3.63) is 46.8 Å². The molecule has 2 rings (SSSR count). The first-order valence-corrected chi connectivity index (χ1v) is 10.7. The Bertz CT molecular complexity index is 903. The molecule has 0 saturated carbocycles. The Hall–Kier alpha value is -3.03. The Morgan fingerprint density at radius 3 is 2.68 bits per heavy atom. The molecular formula is C23H36N6O2. The van der Waals surface area contributed by atoms with E-state index >= 15 is 0 Å². The van der Waals surface area contributed by atoms with Gasteiger partial charge in [0, 0.05) is 39.4 Å². The lowest BCUT2D eigenvalue weighted by Gasteiger charge is -2.18. The number of hydrogen-bond donors (Lipinski definition) is 2. The van der Waals surface area contributed by atoms with Crippen LogP contribution in [0, 0.1) is 13.8 Å². The molecule has 1 aromatic heterocycles. The zero-order valence-corrected chi connectivity index (χ0v) is 19.8. The first kappa shape index (κ1) is 24.2. The molecule has 1 amide bonds. The van der Waals surface area contributed by atoms with E-state index in [-0.39, 0.29) is 18.6 Å². The van der Waals surface area contributed by atoms with Crippen LogP contribution in [0.1, 0.15) is 36.4 Å². The predicted octanol–water partition coefficient (Wildman–Crippen LogP) is 2.19. The number of guanidine groups is 1. The summed E-state index contributed by atoms with van der Waals surface area (Å²) in [7, 11) is 5.40. The zero-order chi connectivity index (χ0) is 23.0. The van der Waals surface area contributed by atoms with Crippen LogP contribution in [0.15, 0.2) is 29.3 Å². The lowest BCUT2D eigenvalue weighted by molar-refractivity contribution is -0.130. The maximum absolute atomic E-state index is 11.7. The number of hydrogen-bond acceptors (Lipinski definition) is 4. The Labute approximate surface area is 185 Å². The smallest absolute Gasteiger partial charge is 0.259 e. The molecule has 0 bridgehead atoms. The van der Waals surface area contributed by atoms with Gasteiger partial charge in [-0.25, -0.2) is 4.99 Å². The van der Waals surface area contributed by atoms with E-state index < -0.39 is 0 Å². The number of nitrogens with zero attached hydrogens (tertiary/aromatic N) is 4. The van der Waals surface area contributed by atoms with Gasteiger partial charge < -0.3 is 20.3 Å². The number of aryl methyl sites for hydroxylation is 2. The average molecular weight is 429 g/mol. The van der Waals surface area contributed by atoms with Gasteiger partial charge in [-0.15, -0.1) is 0 Å². The summed E-state index contributed by atoms with van der Waals surface area (Å²) in [4.78, 5) is 18.0. The lowest BCUT2D eigenvalue weighted by Crippen LogP contribution is -2.43. The first-order valence-electron chi connectivity index (χ1n) is 10.7. The van der Waals surface area contributed by atoms with Gasteiger partial charge in [0.15, 0.2) is 12.6 Å². The fourth-order valence-corrected chi connectivity index (χ4v) is 3.20. The number of rotatable bonds is 9. The summed E-state index contributed by atoms with van der Waals surface area (Å²) in [5, 5.41) is 11.3. The van der Waals surface area contributed by atoms with Crippen molar-refractivity contribution >= 4 is 11.9 Å². The highest BCUT2D eigenvalue weighted by molar-refractivity contribution is 5.80. The topological polar surface area (TPSA) is 83.8 Å². The van der Waals surface area contributed by atoms with E-state index in [2.05, 4.69) is 36.5 Å². The summed E-state index contributed by atoms with van der Waals surface area (Å²) in [6.45, 7) is 9.65. The van der Waals surface area contributed by atoms with Crippen LogP contribution in [-0.4, -0.2) is 59.8 Å². The molecule has 0 aliphatic rings. The average Bonchev–Trinajstić information content (AvgIpc) is 2.96. The van der Waals surface area contributed by atoms with Crippen LogP contribution in [0.2, 0.25) is 0 Å². The van der Waals surface area contributed by atoms with E-state index in [1.807, 2.05) is 42.9 Å². The molecule has 1 aromatic carbocycles. The lowest BCUT2D eigenvalue weighted by atomic mass is 10.1. The van der Waals surface area contributed by atoms with Crippen LogP contribution in [0.3, 0.4) is 0 Å². The maximum Gasteiger partial charge on any atom is 0.259 e. The number of aliphatic imine (C=N–C) groups is 1. The molecule has 0 spiro atoms. The molecule has 0 aliphatic heterocycles. The Balaban J connectivity index is 2.00. The highest BCUT2D eigenvalue weighted by atomic mass is 16.5. The van der Waals surface area contributed by atoms with Gasteiger partial charge in [0.1, 0.15) is 5.75 Å². The molecule has 1 heterocycles. The van der Waals surface area contributed by atoms with Crippen molar-refractivity contribution in [3.63, 3.8) is 0 Å². The fourth-order valence-electron chi connectivity index (χ4n) is 3.20. The molecule has 8 nitrogen and oxygen atoms in total. The quantitative estimate of drug-likeness (QED) is 0.473. The molecular weight excluding hydrogens is 392 g/mol. The first-order chi connectivity index (χ1) is 14.7. The normalized spacial score (nSPS) is 12.4. The second-order valence-corrected chi connectivity index (χ2v) is 7.94. The van der Waals surface area contributed by atoms with Gasteiger partial charge in [-0.1, -0.05) is 12.1 Å². The van der Waals surface area contributed by atoms with Crippen LogP contribution in [0.4, 0.5) is 0 Å². The van der Waals surface area contributed by atoms with Crippen molar-refractivity contribution < 1.29 is 9.53 Å². The monoisotopic (exact) mass is 428 g/mol. The predicted molar refractivity (Wildman–Crippen MR) is 124 cm³/mol. The minimum absolute atomic E-state index is 0.0224. The Morgan fingerprint density at radius 2 is 2.06 bits per heavy atom. The molecule has 31 heavy (non-hydrogen) atoms. The zero-order valence-electron chi connectivity index (χ0n) is 19.8. The van der Waals surface area contributed by atoms with Gasteiger partial charge in [0.2, 0.25) is 0 Å². The molecule has 0 aliphatic carbocycles. The Kier molecular flexibility index (Phi) is 8.90. The summed E-state index contributed by atoms with van der Waals surface area (Å²) >= 11 is 0. The summed E-state index contributed by atoms with van der Waals surface area (Å²) in [5.74, 6) is 1.36. The van der Waals surface area contributed by atoms with Crippen LogP contribution in [-0.2, 0) is 24.8 Å². The number of likely N-dealkylation sites (N-methyl/N-ethyl adjacent to an activating group) is 1. The number of aromatic nitrogens is 2. The highest BCUT2D eigenvalue weighted by Gasteiger charge is 2.14. The standard InChI is InChI=1S/C23H36N6O2/c1-8-24-23(26-16(2)12-21-17(3)27-29(7)18(21)4)25-14-19-10-9-11-20(13-19)31-15-22(30)28(5)6/h9-11,13,16H,8,12,14-15H2,1-7H3,(H2,24,25,26). The Morgan fingerprint density at radius 1 is 1.32 bits per heavy atom. The molecule has 170 valence electrons. The number of carbonyl (C=O) groups excluding carboxylic acids is 1. The number of carbonyl (C=O) groups is 1. The van der Waals surface area contributed by atoms with E-state index in [0.29, 0.717) is 12.3 Å². The van der Waals surface area contributed by atoms with Crippen molar-refractivity contribution in [1.82, 2.24) is 25.3 Å². The molecule has 2 N–H and O–H groups in total. The summed E-state index contributed by atoms with van der Waals surface area (Å²) in [6.07, 6.45) is 0.874. The van der Waals surface area contributed by atoms with Gasteiger partial charge in [-0.3, -0.25) is 9.48 Å². The molecule has 0 fully saturated rings. The number of ether oxygens (including phenoxy) is 1. The van der Waals surface area contributed by atoms with E-state index in [0.717, 1.165) is 30.2 Å². The van der Waals surface area contributed by atoms with E-state index in [1.54, 1.807) is 14.1 Å². The molecule has 2 aromatic rings. The number of benzene rings is 1. The van der Waals surface area contributed by atoms with Crippen LogP contribution in [0.5, 0.6) is 5.75 Å². The van der Waals surface area contributed by atoms with Crippen molar-refractivity contribution in [3.8, 4) is 5.75 Å². The van der Waals surface area contributed by atoms with Gasteiger partial charge >= 0.3 is 0 Å². The van der Waals surface area contributed by atoms with E-state index in [9.17, 15) is 4.79 Å². The van der Waals surface area contributed by atoms with Crippen molar-refractivity contribution in [2.45, 2.75) is 46.7 Å². The molecule has 1 atom stereocenters. The number of amides is 1. The van der Waals surface area contributed by atoms with Crippen LogP contribution < -0.4 is 15.4 Å². The highest BCUT2D eigenvalue weighted by Crippen LogP contribution is 2.15. The molecule has 8 heteroatoms. The minimum Gasteiger partial charge on any atom is -0.484 e. The van der Waals surface area contributed by atoms with Gasteiger partial charge in [-0.05, 0) is 57.4 Å². The second-order valence-electron chi connectivity index (χ2n) is 7.94. The molecule has 1 unspecified atom stereocenters. The summed E-state index contributed by atoms with van der Waals surface area (Å²) < 4.78 is 7.53. The SMILES string of the molecule is CCNC(=NCc1cccc(OCC(=O)N(C)C)c1)NC(C)Cc1c(C)nn(C)c1C. The van der Waals surface area contributed by atoms with Crippen LogP contribution in [0.25, 0.3) is 0 Å². The van der Waals surface area contributed by atoms with Gasteiger partial charge in [0.25, 0.3) is 5.91 Å².